The Bertz CT molecular complexity index is 709. The Morgan fingerprint density at radius 1 is 1.32 bits per heavy atom. The van der Waals surface area contributed by atoms with Crippen molar-refractivity contribution in [3.8, 4) is 0 Å². The summed E-state index contributed by atoms with van der Waals surface area (Å²) < 4.78 is 7.72. The Labute approximate surface area is 184 Å². The number of hydrogen-bond donors (Lipinski definition) is 1. The minimum atomic E-state index is 0. The van der Waals surface area contributed by atoms with Gasteiger partial charge in [-0.2, -0.15) is 0 Å². The highest BCUT2D eigenvalue weighted by Gasteiger charge is 2.30. The van der Waals surface area contributed by atoms with Gasteiger partial charge in [0.15, 0.2) is 5.96 Å². The number of nitrogens with zero attached hydrogens (tertiary/aromatic N) is 4. The van der Waals surface area contributed by atoms with E-state index in [0.29, 0.717) is 18.0 Å². The second-order valence-electron chi connectivity index (χ2n) is 7.95. The lowest BCUT2D eigenvalue weighted by Gasteiger charge is -2.40. The Morgan fingerprint density at radius 2 is 2.18 bits per heavy atom. The predicted octanol–water partition coefficient (Wildman–Crippen LogP) is 4.11. The van der Waals surface area contributed by atoms with Crippen molar-refractivity contribution >= 4 is 29.9 Å². The number of piperidine rings is 1. The van der Waals surface area contributed by atoms with E-state index in [2.05, 4.69) is 32.9 Å². The predicted molar refractivity (Wildman–Crippen MR) is 122 cm³/mol. The summed E-state index contributed by atoms with van der Waals surface area (Å²) in [6, 6.07) is 4.98. The van der Waals surface area contributed by atoms with Gasteiger partial charge in [0.1, 0.15) is 5.76 Å². The van der Waals surface area contributed by atoms with Crippen LogP contribution in [0.2, 0.25) is 0 Å². The monoisotopic (exact) mass is 497 g/mol. The second kappa shape index (κ2) is 10.3. The van der Waals surface area contributed by atoms with E-state index in [1.165, 1.54) is 32.1 Å². The van der Waals surface area contributed by atoms with E-state index < -0.39 is 0 Å². The van der Waals surface area contributed by atoms with E-state index in [-0.39, 0.29) is 24.0 Å². The van der Waals surface area contributed by atoms with Crippen LogP contribution in [0.4, 0.5) is 0 Å². The normalized spacial score (nSPS) is 23.6. The van der Waals surface area contributed by atoms with Gasteiger partial charge in [-0.1, -0.05) is 19.8 Å². The molecule has 0 amide bonds. The molecule has 2 aliphatic rings. The SMILES string of the molecule is CC1CCN(C(=NCCc2ccco2)NC2CCCC2)CC1n1ccnc1.I. The molecule has 2 unspecified atom stereocenters. The van der Waals surface area contributed by atoms with Gasteiger partial charge in [-0.15, -0.1) is 24.0 Å². The molecule has 1 saturated heterocycles. The van der Waals surface area contributed by atoms with Crippen LogP contribution in [0.5, 0.6) is 0 Å². The third-order valence-corrected chi connectivity index (χ3v) is 6.01. The molecule has 0 spiro atoms. The number of furan rings is 1. The van der Waals surface area contributed by atoms with Gasteiger partial charge in [0.2, 0.25) is 0 Å². The van der Waals surface area contributed by atoms with Crippen molar-refractivity contribution in [2.24, 2.45) is 10.9 Å². The van der Waals surface area contributed by atoms with Gasteiger partial charge in [-0.3, -0.25) is 4.99 Å². The van der Waals surface area contributed by atoms with Crippen LogP contribution < -0.4 is 5.32 Å². The highest BCUT2D eigenvalue weighted by molar-refractivity contribution is 14.0. The van der Waals surface area contributed by atoms with Crippen molar-refractivity contribution in [1.82, 2.24) is 19.8 Å². The van der Waals surface area contributed by atoms with Crippen LogP contribution in [0.1, 0.15) is 50.8 Å². The summed E-state index contributed by atoms with van der Waals surface area (Å²) in [7, 11) is 0. The first-order chi connectivity index (χ1) is 13.3. The highest BCUT2D eigenvalue weighted by Crippen LogP contribution is 2.28. The van der Waals surface area contributed by atoms with E-state index in [0.717, 1.165) is 37.8 Å². The minimum absolute atomic E-state index is 0. The highest BCUT2D eigenvalue weighted by atomic mass is 127. The van der Waals surface area contributed by atoms with Gasteiger partial charge in [0.25, 0.3) is 0 Å². The van der Waals surface area contributed by atoms with E-state index in [1.807, 2.05) is 24.7 Å². The molecule has 2 aromatic rings. The molecule has 2 fully saturated rings. The van der Waals surface area contributed by atoms with Gasteiger partial charge < -0.3 is 19.2 Å². The zero-order chi connectivity index (χ0) is 18.5. The molecule has 1 saturated carbocycles. The second-order valence-corrected chi connectivity index (χ2v) is 7.95. The van der Waals surface area contributed by atoms with Crippen molar-refractivity contribution < 1.29 is 4.42 Å². The fraction of sp³-hybridized carbons (Fsp3) is 0.619. The van der Waals surface area contributed by atoms with Crippen LogP contribution in [0.25, 0.3) is 0 Å². The first-order valence-corrected chi connectivity index (χ1v) is 10.4. The quantitative estimate of drug-likeness (QED) is 0.384. The number of aromatic nitrogens is 2. The molecule has 6 nitrogen and oxygen atoms in total. The van der Waals surface area contributed by atoms with Crippen molar-refractivity contribution in [3.05, 3.63) is 42.9 Å². The zero-order valence-corrected chi connectivity index (χ0v) is 19.0. The summed E-state index contributed by atoms with van der Waals surface area (Å²) in [5.41, 5.74) is 0. The lowest BCUT2D eigenvalue weighted by molar-refractivity contribution is 0.187. The maximum atomic E-state index is 5.46. The maximum Gasteiger partial charge on any atom is 0.194 e. The number of rotatable bonds is 5. The summed E-state index contributed by atoms with van der Waals surface area (Å²) in [6.45, 7) is 5.15. The average molecular weight is 497 g/mol. The van der Waals surface area contributed by atoms with Gasteiger partial charge in [0.05, 0.1) is 18.6 Å². The van der Waals surface area contributed by atoms with Crippen LogP contribution in [0.3, 0.4) is 0 Å². The molecule has 0 radical (unpaired) electrons. The smallest absolute Gasteiger partial charge is 0.194 e. The number of halogens is 1. The molecule has 1 N–H and O–H groups in total. The third kappa shape index (κ3) is 5.30. The van der Waals surface area contributed by atoms with Crippen LogP contribution in [0.15, 0.2) is 46.5 Å². The largest absolute Gasteiger partial charge is 0.469 e. The van der Waals surface area contributed by atoms with E-state index in [9.17, 15) is 0 Å². The standard InChI is InChI=1S/C21H31N5O.HI/c1-17-9-12-25(15-20(17)26-13-11-22-16-26)21(24-18-5-2-3-6-18)23-10-8-19-7-4-14-27-19;/h4,7,11,13-14,16-18,20H,2-3,5-6,8-10,12,15H2,1H3,(H,23,24);1H. The lowest BCUT2D eigenvalue weighted by Crippen LogP contribution is -2.51. The molecule has 1 aliphatic carbocycles. The van der Waals surface area contributed by atoms with E-state index in [4.69, 9.17) is 9.41 Å². The van der Waals surface area contributed by atoms with Crippen molar-refractivity contribution in [3.63, 3.8) is 0 Å². The van der Waals surface area contributed by atoms with Gasteiger partial charge >= 0.3 is 0 Å². The summed E-state index contributed by atoms with van der Waals surface area (Å²) in [6.07, 6.45) is 14.8. The zero-order valence-electron chi connectivity index (χ0n) is 16.7. The summed E-state index contributed by atoms with van der Waals surface area (Å²) >= 11 is 0. The Morgan fingerprint density at radius 3 is 2.89 bits per heavy atom. The molecule has 154 valence electrons. The number of imidazole rings is 1. The fourth-order valence-electron chi connectivity index (χ4n) is 4.31. The number of nitrogens with one attached hydrogen (secondary N) is 1. The van der Waals surface area contributed by atoms with Crippen molar-refractivity contribution in [2.45, 2.75) is 57.5 Å². The van der Waals surface area contributed by atoms with Crippen LogP contribution >= 0.6 is 24.0 Å². The lowest BCUT2D eigenvalue weighted by atomic mass is 9.93. The first-order valence-electron chi connectivity index (χ1n) is 10.4. The fourth-order valence-corrected chi connectivity index (χ4v) is 4.31. The number of hydrogen-bond acceptors (Lipinski definition) is 3. The van der Waals surface area contributed by atoms with Gasteiger partial charge in [-0.25, -0.2) is 4.98 Å². The molecule has 2 aromatic heterocycles. The van der Waals surface area contributed by atoms with Crippen LogP contribution in [0, 0.1) is 5.92 Å². The maximum absolute atomic E-state index is 5.46. The molecule has 28 heavy (non-hydrogen) atoms. The first kappa shape index (κ1) is 21.2. The van der Waals surface area contributed by atoms with Crippen LogP contribution in [-0.2, 0) is 6.42 Å². The number of likely N-dealkylation sites (tertiary alicyclic amines) is 1. The van der Waals surface area contributed by atoms with E-state index in [1.54, 1.807) is 6.26 Å². The molecule has 7 heteroatoms. The molecular formula is C21H32IN5O. The molecule has 0 aromatic carbocycles. The number of aliphatic imine (C=N–C) groups is 1. The summed E-state index contributed by atoms with van der Waals surface area (Å²) in [4.78, 5) is 11.7. The molecule has 4 rings (SSSR count). The topological polar surface area (TPSA) is 58.6 Å². The van der Waals surface area contributed by atoms with Gasteiger partial charge in [0, 0.05) is 44.5 Å². The minimum Gasteiger partial charge on any atom is -0.469 e. The Balaban J connectivity index is 0.00000225. The molecular weight excluding hydrogens is 465 g/mol. The summed E-state index contributed by atoms with van der Waals surface area (Å²) in [5.74, 6) is 2.72. The van der Waals surface area contributed by atoms with Crippen molar-refractivity contribution in [1.29, 1.82) is 0 Å². The Hall–Kier alpha value is -1.51. The third-order valence-electron chi connectivity index (χ3n) is 6.01. The van der Waals surface area contributed by atoms with Crippen LogP contribution in [-0.4, -0.2) is 46.1 Å². The molecule has 3 heterocycles. The summed E-state index contributed by atoms with van der Waals surface area (Å²) in [5, 5.41) is 3.77. The van der Waals surface area contributed by atoms with E-state index >= 15 is 0 Å². The Kier molecular flexibility index (Phi) is 7.82. The molecule has 1 aliphatic heterocycles. The molecule has 0 bridgehead atoms. The molecule has 2 atom stereocenters. The van der Waals surface area contributed by atoms with Gasteiger partial charge in [-0.05, 0) is 37.3 Å². The average Bonchev–Trinajstić information content (AvgIpc) is 3.45. The number of guanidine groups is 1. The van der Waals surface area contributed by atoms with Crippen molar-refractivity contribution in [2.75, 3.05) is 19.6 Å².